The first-order chi connectivity index (χ1) is 5.18. The van der Waals surface area contributed by atoms with Crippen LogP contribution in [0.1, 0.15) is 6.92 Å². The van der Waals surface area contributed by atoms with Gasteiger partial charge >= 0.3 is 0 Å². The van der Waals surface area contributed by atoms with Crippen LogP contribution >= 0.6 is 0 Å². The summed E-state index contributed by atoms with van der Waals surface area (Å²) in [6, 6.07) is 0. The second kappa shape index (κ2) is 4.04. The van der Waals surface area contributed by atoms with Gasteiger partial charge in [0.15, 0.2) is 0 Å². The van der Waals surface area contributed by atoms with Crippen LogP contribution in [0.3, 0.4) is 0 Å². The quantitative estimate of drug-likeness (QED) is 0.570. The lowest BCUT2D eigenvalue weighted by Gasteiger charge is -2.28. The molecule has 3 heteroatoms. The standard InChI is InChI=1S/C8H17N2O/c1-7-9-4-8(6-11-7)5-10(2)3/h7-8H,4-6H2,1-3H3. The van der Waals surface area contributed by atoms with Gasteiger partial charge in [0.05, 0.1) is 6.61 Å². The molecule has 2 unspecified atom stereocenters. The molecule has 1 aliphatic rings. The molecule has 1 radical (unpaired) electrons. The highest BCUT2D eigenvalue weighted by Gasteiger charge is 2.18. The van der Waals surface area contributed by atoms with Gasteiger partial charge < -0.3 is 9.64 Å². The van der Waals surface area contributed by atoms with Crippen molar-refractivity contribution in [3.05, 3.63) is 0 Å². The Labute approximate surface area is 68.7 Å². The maximum absolute atomic E-state index is 5.40. The summed E-state index contributed by atoms with van der Waals surface area (Å²) in [6.45, 7) is 4.89. The van der Waals surface area contributed by atoms with Crippen molar-refractivity contribution in [1.82, 2.24) is 10.2 Å². The van der Waals surface area contributed by atoms with Crippen LogP contribution in [0, 0.1) is 5.92 Å². The SMILES string of the molecule is CC1[N]CC(CN(C)C)CO1. The van der Waals surface area contributed by atoms with Crippen LogP contribution in [0.2, 0.25) is 0 Å². The largest absolute Gasteiger partial charge is 0.362 e. The molecular formula is C8H17N2O. The van der Waals surface area contributed by atoms with E-state index < -0.39 is 0 Å². The minimum atomic E-state index is 0.119. The van der Waals surface area contributed by atoms with Gasteiger partial charge in [-0.1, -0.05) is 0 Å². The predicted octanol–water partition coefficient (Wildman–Crippen LogP) is 0.145. The maximum atomic E-state index is 5.40. The fraction of sp³-hybridized carbons (Fsp3) is 1.00. The molecule has 0 aromatic carbocycles. The molecule has 1 rings (SSSR count). The average Bonchev–Trinajstić information content (AvgIpc) is 1.93. The molecule has 0 bridgehead atoms. The molecule has 0 aromatic heterocycles. The van der Waals surface area contributed by atoms with Crippen LogP contribution in [0.4, 0.5) is 0 Å². The minimum absolute atomic E-state index is 0.119. The first kappa shape index (κ1) is 8.97. The van der Waals surface area contributed by atoms with Gasteiger partial charge in [-0.3, -0.25) is 0 Å². The third-order valence-corrected chi connectivity index (χ3v) is 1.82. The molecule has 0 spiro atoms. The lowest BCUT2D eigenvalue weighted by molar-refractivity contribution is -0.0250. The zero-order valence-electron chi connectivity index (χ0n) is 7.58. The van der Waals surface area contributed by atoms with Crippen molar-refractivity contribution in [1.29, 1.82) is 0 Å². The van der Waals surface area contributed by atoms with Gasteiger partial charge in [0.1, 0.15) is 6.23 Å². The van der Waals surface area contributed by atoms with Gasteiger partial charge in [0, 0.05) is 19.0 Å². The molecule has 0 saturated carbocycles. The number of nitrogens with zero attached hydrogens (tertiary/aromatic N) is 2. The second-order valence-electron chi connectivity index (χ2n) is 3.43. The van der Waals surface area contributed by atoms with Crippen LogP contribution in [0.15, 0.2) is 0 Å². The van der Waals surface area contributed by atoms with E-state index in [9.17, 15) is 0 Å². The Balaban J connectivity index is 2.17. The van der Waals surface area contributed by atoms with Crippen LogP contribution < -0.4 is 5.32 Å². The molecule has 0 amide bonds. The number of hydrogen-bond donors (Lipinski definition) is 0. The fourth-order valence-corrected chi connectivity index (χ4v) is 1.31. The van der Waals surface area contributed by atoms with Gasteiger partial charge in [-0.2, -0.15) is 0 Å². The van der Waals surface area contributed by atoms with Crippen molar-refractivity contribution >= 4 is 0 Å². The summed E-state index contributed by atoms with van der Waals surface area (Å²) in [6.07, 6.45) is 0.119. The maximum Gasteiger partial charge on any atom is 0.120 e. The van der Waals surface area contributed by atoms with Gasteiger partial charge in [0.2, 0.25) is 0 Å². The molecule has 65 valence electrons. The van der Waals surface area contributed by atoms with Gasteiger partial charge in [-0.25, -0.2) is 5.32 Å². The van der Waals surface area contributed by atoms with Gasteiger partial charge in [-0.15, -0.1) is 0 Å². The molecule has 0 aliphatic carbocycles. The summed E-state index contributed by atoms with van der Waals surface area (Å²) in [4.78, 5) is 2.18. The fourth-order valence-electron chi connectivity index (χ4n) is 1.31. The molecule has 1 fully saturated rings. The zero-order valence-corrected chi connectivity index (χ0v) is 7.58. The van der Waals surface area contributed by atoms with E-state index >= 15 is 0 Å². The van der Waals surface area contributed by atoms with Crippen molar-refractivity contribution in [2.24, 2.45) is 5.92 Å². The summed E-state index contributed by atoms with van der Waals surface area (Å²) >= 11 is 0. The first-order valence-electron chi connectivity index (χ1n) is 4.11. The lowest BCUT2D eigenvalue weighted by atomic mass is 10.1. The van der Waals surface area contributed by atoms with E-state index in [2.05, 4.69) is 24.3 Å². The van der Waals surface area contributed by atoms with Gasteiger partial charge in [0.25, 0.3) is 0 Å². The summed E-state index contributed by atoms with van der Waals surface area (Å²) in [5.41, 5.74) is 0. The Morgan fingerprint density at radius 1 is 1.55 bits per heavy atom. The van der Waals surface area contributed by atoms with Crippen molar-refractivity contribution in [3.63, 3.8) is 0 Å². The average molecular weight is 157 g/mol. The Morgan fingerprint density at radius 3 is 2.73 bits per heavy atom. The number of hydrogen-bond acceptors (Lipinski definition) is 2. The van der Waals surface area contributed by atoms with E-state index in [1.54, 1.807) is 0 Å². The summed E-state index contributed by atoms with van der Waals surface area (Å²) in [5, 5.41) is 4.32. The highest BCUT2D eigenvalue weighted by molar-refractivity contribution is 4.69. The van der Waals surface area contributed by atoms with E-state index in [1.807, 2.05) is 6.92 Å². The van der Waals surface area contributed by atoms with Crippen molar-refractivity contribution in [3.8, 4) is 0 Å². The van der Waals surface area contributed by atoms with E-state index in [1.165, 1.54) is 0 Å². The van der Waals surface area contributed by atoms with Crippen LogP contribution in [0.5, 0.6) is 0 Å². The predicted molar refractivity (Wildman–Crippen MR) is 44.5 cm³/mol. The molecule has 11 heavy (non-hydrogen) atoms. The zero-order chi connectivity index (χ0) is 8.27. The topological polar surface area (TPSA) is 26.6 Å². The van der Waals surface area contributed by atoms with Crippen molar-refractivity contribution in [2.45, 2.75) is 13.2 Å². The molecule has 1 saturated heterocycles. The van der Waals surface area contributed by atoms with E-state index in [0.717, 1.165) is 19.7 Å². The lowest BCUT2D eigenvalue weighted by Crippen LogP contribution is -2.40. The van der Waals surface area contributed by atoms with Crippen LogP contribution in [-0.2, 0) is 4.74 Å². The molecule has 1 aliphatic heterocycles. The summed E-state index contributed by atoms with van der Waals surface area (Å²) in [5.74, 6) is 0.598. The molecule has 0 N–H and O–H groups in total. The Morgan fingerprint density at radius 2 is 2.27 bits per heavy atom. The second-order valence-corrected chi connectivity index (χ2v) is 3.43. The Bertz CT molecular complexity index is 109. The number of ether oxygens (including phenoxy) is 1. The Kier molecular flexibility index (Phi) is 3.30. The summed E-state index contributed by atoms with van der Waals surface area (Å²) in [7, 11) is 4.16. The van der Waals surface area contributed by atoms with E-state index in [4.69, 9.17) is 4.74 Å². The normalized spacial score (nSPS) is 32.7. The van der Waals surface area contributed by atoms with Gasteiger partial charge in [-0.05, 0) is 21.0 Å². The van der Waals surface area contributed by atoms with Crippen LogP contribution in [-0.4, -0.2) is 44.9 Å². The third-order valence-electron chi connectivity index (χ3n) is 1.82. The number of rotatable bonds is 2. The molecule has 2 atom stereocenters. The molecular weight excluding hydrogens is 140 g/mol. The van der Waals surface area contributed by atoms with E-state index in [-0.39, 0.29) is 6.23 Å². The van der Waals surface area contributed by atoms with Crippen molar-refractivity contribution in [2.75, 3.05) is 33.8 Å². The van der Waals surface area contributed by atoms with Crippen molar-refractivity contribution < 1.29 is 4.74 Å². The minimum Gasteiger partial charge on any atom is -0.362 e. The smallest absolute Gasteiger partial charge is 0.120 e. The molecule has 3 nitrogen and oxygen atoms in total. The third kappa shape index (κ3) is 3.18. The molecule has 1 heterocycles. The highest BCUT2D eigenvalue weighted by Crippen LogP contribution is 2.06. The first-order valence-corrected chi connectivity index (χ1v) is 4.11. The van der Waals surface area contributed by atoms with E-state index in [0.29, 0.717) is 5.92 Å². The Hall–Kier alpha value is -0.120. The van der Waals surface area contributed by atoms with Crippen LogP contribution in [0.25, 0.3) is 0 Å². The summed E-state index contributed by atoms with van der Waals surface area (Å²) < 4.78 is 5.40. The highest BCUT2D eigenvalue weighted by atomic mass is 16.5. The molecule has 0 aromatic rings. The monoisotopic (exact) mass is 157 g/mol.